The lowest BCUT2D eigenvalue weighted by Crippen LogP contribution is -2.38. The number of amides is 1. The van der Waals surface area contributed by atoms with Gasteiger partial charge < -0.3 is 19.8 Å². The number of nitrogens with one attached hydrogen (secondary N) is 2. The van der Waals surface area contributed by atoms with Gasteiger partial charge in [-0.2, -0.15) is 13.9 Å². The van der Waals surface area contributed by atoms with E-state index >= 15 is 0 Å². The Bertz CT molecular complexity index is 1550. The van der Waals surface area contributed by atoms with Crippen molar-refractivity contribution in [2.45, 2.75) is 71.1 Å². The van der Waals surface area contributed by atoms with E-state index in [1.165, 1.54) is 18.3 Å². The van der Waals surface area contributed by atoms with E-state index in [4.69, 9.17) is 4.74 Å². The van der Waals surface area contributed by atoms with Crippen LogP contribution in [0.25, 0.3) is 33.5 Å². The SMILES string of the molecule is Cn1nc(-c2cnc3[nH]cc(C(=O)NC4CCC(CC(=O)OC(C)(C)C)CC4)c3n2)c2cc(OC(F)F)ccc21. The van der Waals surface area contributed by atoms with E-state index in [-0.39, 0.29) is 29.6 Å². The summed E-state index contributed by atoms with van der Waals surface area (Å²) >= 11 is 0. The van der Waals surface area contributed by atoms with Gasteiger partial charge in [-0.25, -0.2) is 9.97 Å². The second-order valence-electron chi connectivity index (χ2n) is 11.2. The van der Waals surface area contributed by atoms with E-state index in [2.05, 4.69) is 30.1 Å². The largest absolute Gasteiger partial charge is 0.460 e. The molecule has 212 valence electrons. The van der Waals surface area contributed by atoms with Crippen molar-refractivity contribution in [3.05, 3.63) is 36.2 Å². The molecule has 10 nitrogen and oxygen atoms in total. The Balaban J connectivity index is 1.30. The lowest BCUT2D eigenvalue weighted by molar-refractivity contribution is -0.156. The summed E-state index contributed by atoms with van der Waals surface area (Å²) in [4.78, 5) is 37.5. The number of esters is 1. The summed E-state index contributed by atoms with van der Waals surface area (Å²) in [7, 11) is 1.74. The summed E-state index contributed by atoms with van der Waals surface area (Å²) < 4.78 is 37.2. The standard InChI is InChI=1S/C28H32F2N6O4/c1-28(2,3)40-22(37)11-15-5-7-16(8-6-15)33-26(38)19-13-31-25-24(19)34-20(14-32-25)23-18-12-17(39-27(29)30)9-10-21(18)36(4)35-23/h9-10,12-16,27H,5-8,11H2,1-4H3,(H,31,32)(H,33,38). The zero-order valence-electron chi connectivity index (χ0n) is 22.8. The summed E-state index contributed by atoms with van der Waals surface area (Å²) in [5, 5.41) is 8.18. The topological polar surface area (TPSA) is 124 Å². The predicted octanol–water partition coefficient (Wildman–Crippen LogP) is 5.13. The Kier molecular flexibility index (Phi) is 7.43. The third-order valence-electron chi connectivity index (χ3n) is 6.97. The molecule has 1 fully saturated rings. The Morgan fingerprint density at radius 2 is 1.95 bits per heavy atom. The fourth-order valence-electron chi connectivity index (χ4n) is 5.18. The molecule has 1 aliphatic carbocycles. The van der Waals surface area contributed by atoms with Gasteiger partial charge in [-0.1, -0.05) is 0 Å². The van der Waals surface area contributed by atoms with Crippen LogP contribution < -0.4 is 10.1 Å². The van der Waals surface area contributed by atoms with Gasteiger partial charge in [0, 0.05) is 31.1 Å². The van der Waals surface area contributed by atoms with Crippen molar-refractivity contribution in [1.29, 1.82) is 0 Å². The van der Waals surface area contributed by atoms with Gasteiger partial charge in [0.1, 0.15) is 28.3 Å². The van der Waals surface area contributed by atoms with Crippen molar-refractivity contribution in [2.24, 2.45) is 13.0 Å². The number of aromatic amines is 1. The van der Waals surface area contributed by atoms with E-state index in [0.717, 1.165) is 25.7 Å². The molecule has 1 amide bonds. The summed E-state index contributed by atoms with van der Waals surface area (Å²) in [6.07, 6.45) is 6.66. The summed E-state index contributed by atoms with van der Waals surface area (Å²) in [5.74, 6) is -0.212. The first kappa shape index (κ1) is 27.5. The molecule has 0 aliphatic heterocycles. The Morgan fingerprint density at radius 3 is 2.65 bits per heavy atom. The molecule has 1 aliphatic rings. The molecule has 0 unspecified atom stereocenters. The van der Waals surface area contributed by atoms with Crippen molar-refractivity contribution < 1.29 is 27.8 Å². The number of alkyl halides is 2. The highest BCUT2D eigenvalue weighted by Gasteiger charge is 2.27. The minimum atomic E-state index is -2.95. The van der Waals surface area contributed by atoms with Crippen LogP contribution in [0.5, 0.6) is 5.75 Å². The molecule has 3 heterocycles. The zero-order chi connectivity index (χ0) is 28.6. The van der Waals surface area contributed by atoms with Gasteiger partial charge in [-0.05, 0) is 70.6 Å². The molecule has 0 bridgehead atoms. The van der Waals surface area contributed by atoms with Crippen molar-refractivity contribution in [3.8, 4) is 17.1 Å². The molecule has 12 heteroatoms. The zero-order valence-corrected chi connectivity index (χ0v) is 22.8. The number of nitrogens with zero attached hydrogens (tertiary/aromatic N) is 4. The molecule has 1 aromatic carbocycles. The van der Waals surface area contributed by atoms with Crippen LogP contribution in [0, 0.1) is 5.92 Å². The Morgan fingerprint density at radius 1 is 1.20 bits per heavy atom. The van der Waals surface area contributed by atoms with Gasteiger partial charge in [0.2, 0.25) is 0 Å². The van der Waals surface area contributed by atoms with Crippen molar-refractivity contribution in [2.75, 3.05) is 0 Å². The third-order valence-corrected chi connectivity index (χ3v) is 6.97. The van der Waals surface area contributed by atoms with E-state index in [1.807, 2.05) is 20.8 Å². The number of hydrogen-bond donors (Lipinski definition) is 2. The first-order chi connectivity index (χ1) is 19.0. The summed E-state index contributed by atoms with van der Waals surface area (Å²) in [6.45, 7) is 2.62. The van der Waals surface area contributed by atoms with Crippen molar-refractivity contribution in [3.63, 3.8) is 0 Å². The fraction of sp³-hybridized carbons (Fsp3) is 0.464. The highest BCUT2D eigenvalue weighted by Crippen LogP contribution is 2.32. The first-order valence-electron chi connectivity index (χ1n) is 13.3. The second-order valence-corrected chi connectivity index (χ2v) is 11.2. The quantitative estimate of drug-likeness (QED) is 0.303. The van der Waals surface area contributed by atoms with Gasteiger partial charge in [-0.15, -0.1) is 0 Å². The van der Waals surface area contributed by atoms with Gasteiger partial charge in [0.25, 0.3) is 5.91 Å². The van der Waals surface area contributed by atoms with E-state index in [1.54, 1.807) is 24.0 Å². The number of carbonyl (C=O) groups excluding carboxylic acids is 2. The van der Waals surface area contributed by atoms with E-state index in [9.17, 15) is 18.4 Å². The predicted molar refractivity (Wildman–Crippen MR) is 144 cm³/mol. The number of aromatic nitrogens is 5. The summed E-state index contributed by atoms with van der Waals surface area (Å²) in [6, 6.07) is 4.57. The van der Waals surface area contributed by atoms with Crippen LogP contribution in [0.15, 0.2) is 30.6 Å². The Hall–Kier alpha value is -4.09. The normalized spacial score (nSPS) is 17.9. The van der Waals surface area contributed by atoms with Crippen LogP contribution in [0.4, 0.5) is 8.78 Å². The minimum Gasteiger partial charge on any atom is -0.460 e. The molecule has 5 rings (SSSR count). The van der Waals surface area contributed by atoms with Crippen molar-refractivity contribution >= 4 is 33.9 Å². The molecule has 2 N–H and O–H groups in total. The van der Waals surface area contributed by atoms with Gasteiger partial charge >= 0.3 is 12.6 Å². The average Bonchev–Trinajstić information content (AvgIpc) is 3.44. The lowest BCUT2D eigenvalue weighted by Gasteiger charge is -2.29. The number of ether oxygens (including phenoxy) is 2. The van der Waals surface area contributed by atoms with Gasteiger partial charge in [-0.3, -0.25) is 14.3 Å². The maximum absolute atomic E-state index is 13.2. The van der Waals surface area contributed by atoms with Crippen molar-refractivity contribution in [1.82, 2.24) is 30.0 Å². The lowest BCUT2D eigenvalue weighted by atomic mass is 9.84. The number of aryl methyl sites for hydroxylation is 1. The molecule has 0 saturated heterocycles. The summed E-state index contributed by atoms with van der Waals surface area (Å²) in [5.41, 5.74) is 2.20. The van der Waals surface area contributed by atoms with Crippen LogP contribution in [0.2, 0.25) is 0 Å². The monoisotopic (exact) mass is 554 g/mol. The fourth-order valence-corrected chi connectivity index (χ4v) is 5.18. The molecule has 40 heavy (non-hydrogen) atoms. The molecule has 4 aromatic rings. The number of rotatable bonds is 7. The molecule has 3 aromatic heterocycles. The molecule has 1 saturated carbocycles. The molecular formula is C28H32F2N6O4. The van der Waals surface area contributed by atoms with E-state index < -0.39 is 12.2 Å². The Labute approximate surface area is 229 Å². The number of H-pyrrole nitrogens is 1. The third kappa shape index (κ3) is 6.05. The van der Waals surface area contributed by atoms with E-state index in [0.29, 0.717) is 45.4 Å². The number of carbonyl (C=O) groups is 2. The average molecular weight is 555 g/mol. The molecular weight excluding hydrogens is 522 g/mol. The molecule has 0 atom stereocenters. The number of fused-ring (bicyclic) bond motifs is 2. The molecule has 0 radical (unpaired) electrons. The maximum Gasteiger partial charge on any atom is 0.387 e. The van der Waals surface area contributed by atoms with Crippen LogP contribution in [-0.2, 0) is 16.6 Å². The second kappa shape index (κ2) is 10.8. The van der Waals surface area contributed by atoms with Crippen LogP contribution in [0.1, 0.15) is 63.2 Å². The van der Waals surface area contributed by atoms with Gasteiger partial charge in [0.05, 0.1) is 17.3 Å². The number of benzene rings is 1. The van der Waals surface area contributed by atoms with Crippen LogP contribution in [-0.4, -0.2) is 54.9 Å². The smallest absolute Gasteiger partial charge is 0.387 e. The van der Waals surface area contributed by atoms with Gasteiger partial charge in [0.15, 0.2) is 5.65 Å². The number of hydrogen-bond acceptors (Lipinski definition) is 7. The highest BCUT2D eigenvalue weighted by molar-refractivity contribution is 6.05. The molecule has 0 spiro atoms. The highest BCUT2D eigenvalue weighted by atomic mass is 19.3. The first-order valence-corrected chi connectivity index (χ1v) is 13.3. The van der Waals surface area contributed by atoms with Crippen LogP contribution in [0.3, 0.4) is 0 Å². The van der Waals surface area contributed by atoms with Crippen LogP contribution >= 0.6 is 0 Å². The number of halogens is 2. The minimum absolute atomic E-state index is 0.00770. The maximum atomic E-state index is 13.2.